The molecule has 7 N–H and O–H groups in total. The Labute approximate surface area is 385 Å². The lowest BCUT2D eigenvalue weighted by Crippen LogP contribution is -2.43. The summed E-state index contributed by atoms with van der Waals surface area (Å²) in [5.41, 5.74) is -0.856. The molecule has 19 heteroatoms. The maximum atomic E-state index is 12.9. The molecule has 0 bridgehead atoms. The van der Waals surface area contributed by atoms with Gasteiger partial charge in [0.15, 0.2) is 5.78 Å². The summed E-state index contributed by atoms with van der Waals surface area (Å²) in [6.07, 6.45) is 11.1. The molecule has 0 aromatic heterocycles. The number of hydrogen-bond donors (Lipinski definition) is 7. The highest BCUT2D eigenvalue weighted by atomic mass is 16.5. The zero-order valence-corrected chi connectivity index (χ0v) is 39.3. The zero-order valence-electron chi connectivity index (χ0n) is 39.3. The summed E-state index contributed by atoms with van der Waals surface area (Å²) in [5.74, 6) is -4.85. The Morgan fingerprint density at radius 2 is 1.09 bits per heavy atom. The first-order valence-electron chi connectivity index (χ1n) is 23.4. The lowest BCUT2D eigenvalue weighted by molar-refractivity contribution is -0.144. The van der Waals surface area contributed by atoms with Crippen LogP contribution in [0.2, 0.25) is 0 Å². The van der Waals surface area contributed by atoms with Gasteiger partial charge in [0.25, 0.3) is 0 Å². The van der Waals surface area contributed by atoms with E-state index in [9.17, 15) is 48.6 Å². The minimum absolute atomic E-state index is 0.00482. The van der Waals surface area contributed by atoms with E-state index in [2.05, 4.69) is 21.3 Å². The van der Waals surface area contributed by atoms with Crippen LogP contribution in [0.3, 0.4) is 0 Å². The molecule has 0 aromatic rings. The predicted molar refractivity (Wildman–Crippen MR) is 241 cm³/mol. The maximum Gasteiger partial charge on any atom is 0.326 e. The lowest BCUT2D eigenvalue weighted by Gasteiger charge is -2.30. The second-order valence-electron chi connectivity index (χ2n) is 16.9. The molecule has 19 nitrogen and oxygen atoms in total. The van der Waals surface area contributed by atoms with Crippen LogP contribution in [0.25, 0.3) is 0 Å². The first-order valence-corrected chi connectivity index (χ1v) is 23.4. The van der Waals surface area contributed by atoms with Crippen molar-refractivity contribution in [1.29, 1.82) is 0 Å². The van der Waals surface area contributed by atoms with Crippen molar-refractivity contribution in [1.82, 2.24) is 21.3 Å². The van der Waals surface area contributed by atoms with E-state index in [1.54, 1.807) is 13.8 Å². The maximum absolute atomic E-state index is 12.9. The number of carbonyl (C=O) groups excluding carboxylic acids is 5. The SMILES string of the molecule is [CH]N[C@@H](CCC)C(=O)C(C)(C)C[C@@H](CCCCNC(=O)COCCOCCNC(=O)COCCOCCCC(=O)CC[C@H](NC(=O)CCCCCCCCCCC(=O)O)C(=O)O)C(=O)O. The van der Waals surface area contributed by atoms with Crippen molar-refractivity contribution in [2.24, 2.45) is 11.3 Å². The summed E-state index contributed by atoms with van der Waals surface area (Å²) < 4.78 is 21.5. The second kappa shape index (κ2) is 39.2. The van der Waals surface area contributed by atoms with Gasteiger partial charge < -0.3 is 55.5 Å². The van der Waals surface area contributed by atoms with Gasteiger partial charge in [-0.2, -0.15) is 0 Å². The molecule has 0 aromatic carbocycles. The number of aliphatic carboxylic acids is 3. The average Bonchev–Trinajstić information content (AvgIpc) is 3.25. The number of rotatable bonds is 46. The van der Waals surface area contributed by atoms with E-state index in [0.29, 0.717) is 51.5 Å². The normalized spacial score (nSPS) is 12.8. The van der Waals surface area contributed by atoms with Crippen LogP contribution in [0, 0.1) is 18.4 Å². The van der Waals surface area contributed by atoms with Crippen molar-refractivity contribution in [2.75, 3.05) is 65.9 Å². The van der Waals surface area contributed by atoms with Crippen molar-refractivity contribution in [3.63, 3.8) is 0 Å². The van der Waals surface area contributed by atoms with Gasteiger partial charge in [0.05, 0.1) is 45.0 Å². The number of nitrogens with one attached hydrogen (secondary N) is 4. The van der Waals surface area contributed by atoms with Crippen molar-refractivity contribution in [3.05, 3.63) is 7.05 Å². The van der Waals surface area contributed by atoms with E-state index >= 15 is 0 Å². The number of carboxylic acid groups (broad SMARTS) is 3. The Kier molecular flexibility index (Phi) is 36.7. The molecule has 0 saturated heterocycles. The van der Waals surface area contributed by atoms with Gasteiger partial charge in [0, 0.05) is 57.8 Å². The number of amides is 3. The van der Waals surface area contributed by atoms with E-state index in [1.165, 1.54) is 0 Å². The molecule has 0 unspecified atom stereocenters. The third-order valence-corrected chi connectivity index (χ3v) is 10.6. The first-order chi connectivity index (χ1) is 31.0. The van der Waals surface area contributed by atoms with Gasteiger partial charge in [-0.3, -0.25) is 33.6 Å². The Morgan fingerprint density at radius 3 is 1.65 bits per heavy atom. The number of carbonyl (C=O) groups is 8. The van der Waals surface area contributed by atoms with Gasteiger partial charge in [-0.1, -0.05) is 72.1 Å². The molecule has 0 saturated carbocycles. The number of carboxylic acids is 3. The molecule has 3 atom stereocenters. The number of Topliss-reactive ketones (excluding diaryl/α,β-unsaturated/α-hetero) is 2. The van der Waals surface area contributed by atoms with Gasteiger partial charge in [0.2, 0.25) is 17.7 Å². The Bertz CT molecular complexity index is 1380. The third-order valence-electron chi connectivity index (χ3n) is 10.6. The van der Waals surface area contributed by atoms with Crippen LogP contribution in [0.15, 0.2) is 0 Å². The fourth-order valence-electron chi connectivity index (χ4n) is 6.91. The topological polar surface area (TPSA) is 282 Å². The molecule has 0 rings (SSSR count). The molecular formula is C46H80N4O15. The predicted octanol–water partition coefficient (Wildman–Crippen LogP) is 4.25. The summed E-state index contributed by atoms with van der Waals surface area (Å²) in [7, 11) is 5.55. The minimum Gasteiger partial charge on any atom is -0.481 e. The van der Waals surface area contributed by atoms with E-state index in [0.717, 1.165) is 44.9 Å². The molecule has 0 spiro atoms. The summed E-state index contributed by atoms with van der Waals surface area (Å²) in [4.78, 5) is 95.5. The minimum atomic E-state index is -1.19. The van der Waals surface area contributed by atoms with E-state index < -0.39 is 41.3 Å². The van der Waals surface area contributed by atoms with Crippen LogP contribution in [0.4, 0.5) is 0 Å². The fourth-order valence-corrected chi connectivity index (χ4v) is 6.91. The molecule has 0 aliphatic carbocycles. The fraction of sp³-hybridized carbons (Fsp3) is 0.804. The van der Waals surface area contributed by atoms with Crippen LogP contribution >= 0.6 is 0 Å². The number of unbranched alkanes of at least 4 members (excludes halogenated alkanes) is 8. The van der Waals surface area contributed by atoms with Crippen LogP contribution < -0.4 is 21.3 Å². The summed E-state index contributed by atoms with van der Waals surface area (Å²) in [6, 6.07) is -1.65. The Morgan fingerprint density at radius 1 is 0.538 bits per heavy atom. The van der Waals surface area contributed by atoms with Crippen LogP contribution in [0.5, 0.6) is 0 Å². The van der Waals surface area contributed by atoms with Gasteiger partial charge in [-0.05, 0) is 51.4 Å². The molecule has 0 heterocycles. The monoisotopic (exact) mass is 929 g/mol. The van der Waals surface area contributed by atoms with Gasteiger partial charge in [-0.15, -0.1) is 0 Å². The van der Waals surface area contributed by atoms with Gasteiger partial charge in [0.1, 0.15) is 25.0 Å². The summed E-state index contributed by atoms with van der Waals surface area (Å²) >= 11 is 0. The lowest BCUT2D eigenvalue weighted by atomic mass is 9.75. The number of ether oxygens (including phenoxy) is 4. The average molecular weight is 929 g/mol. The van der Waals surface area contributed by atoms with Crippen molar-refractivity contribution < 1.29 is 72.6 Å². The smallest absolute Gasteiger partial charge is 0.326 e. The van der Waals surface area contributed by atoms with Crippen LogP contribution in [0.1, 0.15) is 149 Å². The number of ketones is 2. The highest BCUT2D eigenvalue weighted by Crippen LogP contribution is 2.31. The van der Waals surface area contributed by atoms with E-state index in [1.807, 2.05) is 6.92 Å². The highest BCUT2D eigenvalue weighted by Gasteiger charge is 2.36. The quantitative estimate of drug-likeness (QED) is 0.0332. The Balaban J connectivity index is 3.84. The standard InChI is InChI=1S/C46H80N4O15/c1-5-17-37(47-4)43(57)46(2,3)32-35(44(58)59)18-14-15-24-48-40(53)33-65-31-29-63-27-25-49-41(54)34-64-30-28-62-26-16-19-36(51)22-23-38(45(60)61)50-39(52)20-12-10-8-6-7-9-11-13-21-42(55)56/h4,35,37-38,47H,5-34H2,1-3H3,(H,48,53)(H,49,54)(H,50,52)(H,55,56)(H,58,59)(H,60,61)/t35-,37+,38+/m1/s1. The molecule has 3 amide bonds. The molecule has 0 aliphatic rings. The molecular weight excluding hydrogens is 849 g/mol. The Hall–Kier alpha value is -4.04. The zero-order chi connectivity index (χ0) is 48.7. The third kappa shape index (κ3) is 34.9. The van der Waals surface area contributed by atoms with E-state index in [-0.39, 0.29) is 127 Å². The molecule has 0 aliphatic heterocycles. The van der Waals surface area contributed by atoms with Crippen LogP contribution in [-0.4, -0.2) is 141 Å². The van der Waals surface area contributed by atoms with E-state index in [4.69, 9.17) is 31.1 Å². The van der Waals surface area contributed by atoms with Crippen molar-refractivity contribution in [2.45, 2.75) is 161 Å². The largest absolute Gasteiger partial charge is 0.481 e. The summed E-state index contributed by atoms with van der Waals surface area (Å²) in [6.45, 7) is 6.98. The van der Waals surface area contributed by atoms with Crippen molar-refractivity contribution in [3.8, 4) is 0 Å². The van der Waals surface area contributed by atoms with Crippen LogP contribution in [-0.2, 0) is 57.3 Å². The molecule has 0 fully saturated rings. The molecule has 2 radical (unpaired) electrons. The van der Waals surface area contributed by atoms with Gasteiger partial charge in [-0.25, -0.2) is 4.79 Å². The number of hydrogen-bond acceptors (Lipinski definition) is 13. The molecule has 374 valence electrons. The summed E-state index contributed by atoms with van der Waals surface area (Å²) in [5, 5.41) is 38.3. The highest BCUT2D eigenvalue weighted by molar-refractivity contribution is 5.89. The van der Waals surface area contributed by atoms with Crippen molar-refractivity contribution >= 4 is 47.2 Å². The second-order valence-corrected chi connectivity index (χ2v) is 16.9. The molecule has 65 heavy (non-hydrogen) atoms. The van der Waals surface area contributed by atoms with Gasteiger partial charge >= 0.3 is 17.9 Å². The first kappa shape index (κ1) is 61.0.